The lowest BCUT2D eigenvalue weighted by Gasteiger charge is -2.66. The molecule has 0 aromatic carbocycles. The quantitative estimate of drug-likeness (QED) is 0.157. The molecule has 0 N–H and O–H groups in total. The minimum Gasteiger partial charge on any atom is -0.140 e. The number of hydrogen-bond donors (Lipinski definition) is 0. The predicted molar refractivity (Wildman–Crippen MR) is 321 cm³/mol. The van der Waals surface area contributed by atoms with Crippen LogP contribution >= 0.6 is 45.3 Å². The van der Waals surface area contributed by atoms with E-state index >= 15 is 0 Å². The molecule has 14 unspecified atom stereocenters. The molecule has 10 saturated carbocycles. The van der Waals surface area contributed by atoms with Gasteiger partial charge < -0.3 is 0 Å². The summed E-state index contributed by atoms with van der Waals surface area (Å²) in [5, 5.41) is 0. The number of rotatable bonds is 9. The predicted octanol–water partition coefficient (Wildman–Crippen LogP) is 22.5. The maximum Gasteiger partial charge on any atom is 0.0445 e. The second kappa shape index (κ2) is 22.4. The van der Waals surface area contributed by atoms with Crippen LogP contribution in [0.5, 0.6) is 0 Å². The first-order valence-corrected chi connectivity index (χ1v) is 36.1. The molecule has 10 fully saturated rings. The van der Waals surface area contributed by atoms with Crippen molar-refractivity contribution in [3.63, 3.8) is 0 Å². The van der Waals surface area contributed by atoms with E-state index in [2.05, 4.69) is 85.1 Å². The molecule has 0 spiro atoms. The number of aryl methyl sites for hydroxylation is 2. The number of thiophene rings is 4. The highest BCUT2D eigenvalue weighted by Gasteiger charge is 2.62. The Balaban J connectivity index is 0.789. The van der Waals surface area contributed by atoms with Crippen LogP contribution in [0.1, 0.15) is 237 Å². The Labute approximate surface area is 467 Å². The molecule has 4 heterocycles. The van der Waals surface area contributed by atoms with Crippen LogP contribution in [0.3, 0.4) is 0 Å². The van der Waals surface area contributed by atoms with Gasteiger partial charge in [-0.25, -0.2) is 0 Å². The molecule has 0 nitrogen and oxygen atoms in total. The van der Waals surface area contributed by atoms with Gasteiger partial charge in [0.1, 0.15) is 0 Å². The Kier molecular flexibility index (Phi) is 15.4. The molecule has 4 heteroatoms. The Hall–Kier alpha value is -1.20. The minimum atomic E-state index is 0.799. The van der Waals surface area contributed by atoms with Crippen LogP contribution in [0.25, 0.3) is 19.5 Å². The zero-order valence-corrected chi connectivity index (χ0v) is 49.7. The van der Waals surface area contributed by atoms with Crippen LogP contribution in [-0.4, -0.2) is 0 Å². The third-order valence-electron chi connectivity index (χ3n) is 25.2. The highest BCUT2D eigenvalue weighted by molar-refractivity contribution is 7.22. The number of hydrogen-bond acceptors (Lipinski definition) is 4. The minimum absolute atomic E-state index is 0.799. The van der Waals surface area contributed by atoms with Gasteiger partial charge in [-0.1, -0.05) is 116 Å². The molecule has 14 rings (SSSR count). The third-order valence-corrected chi connectivity index (χ3v) is 30.1. The van der Waals surface area contributed by atoms with Crippen LogP contribution in [-0.2, 0) is 0 Å². The lowest BCUT2D eigenvalue weighted by Crippen LogP contribution is -2.60. The van der Waals surface area contributed by atoms with E-state index in [1.807, 2.05) is 22.7 Å². The van der Waals surface area contributed by atoms with Crippen molar-refractivity contribution in [1.82, 2.24) is 0 Å². The molecule has 10 aliphatic carbocycles. The van der Waals surface area contributed by atoms with Crippen LogP contribution in [0.4, 0.5) is 0 Å². The van der Waals surface area contributed by atoms with Gasteiger partial charge in [0.05, 0.1) is 0 Å². The van der Waals surface area contributed by atoms with E-state index in [1.165, 1.54) is 83.7 Å². The smallest absolute Gasteiger partial charge is 0.0445 e. The maximum atomic E-state index is 2.65. The average Bonchev–Trinajstić information content (AvgIpc) is 4.32. The molecular weight excluding hydrogens is 969 g/mol. The molecule has 402 valence electrons. The van der Waals surface area contributed by atoms with E-state index in [0.717, 1.165) is 118 Å². The Morgan fingerprint density at radius 1 is 0.257 bits per heavy atom. The SMILES string of the molecule is Cc1ccc(-c2ccc(C3CC(C4CCCCC4)CC(C4C5CCCCC5C(C5C6CCCCC6C(C6CC(c7ccc(-c8ccc(C)s8)s7)CC(C7CCCCC7)C6)C6CCCCC65)C5CCCCC54)C3)s2)s1. The summed E-state index contributed by atoms with van der Waals surface area (Å²) in [6.45, 7) is 4.60. The summed E-state index contributed by atoms with van der Waals surface area (Å²) in [5.74, 6) is 19.9. The summed E-state index contributed by atoms with van der Waals surface area (Å²) in [4.78, 5) is 12.6. The maximum absolute atomic E-state index is 2.65. The Morgan fingerprint density at radius 2 is 0.541 bits per heavy atom. The molecule has 0 bridgehead atoms. The van der Waals surface area contributed by atoms with Crippen molar-refractivity contribution in [2.45, 2.75) is 231 Å². The van der Waals surface area contributed by atoms with Crippen LogP contribution in [0.15, 0.2) is 48.5 Å². The van der Waals surface area contributed by atoms with Gasteiger partial charge in [0.15, 0.2) is 0 Å². The normalized spacial score (nSPS) is 41.4. The van der Waals surface area contributed by atoms with E-state index < -0.39 is 0 Å². The molecular formula is C70H98S4. The second-order valence-electron chi connectivity index (χ2n) is 28.6. The van der Waals surface area contributed by atoms with E-state index in [0.29, 0.717) is 0 Å². The van der Waals surface area contributed by atoms with Gasteiger partial charge in [0, 0.05) is 39.0 Å². The van der Waals surface area contributed by atoms with Crippen LogP contribution in [0, 0.1) is 120 Å². The van der Waals surface area contributed by atoms with Crippen molar-refractivity contribution >= 4 is 45.3 Å². The fourth-order valence-electron chi connectivity index (χ4n) is 22.8. The van der Waals surface area contributed by atoms with Crippen molar-refractivity contribution in [3.8, 4) is 19.5 Å². The fourth-order valence-corrected chi connectivity index (χ4v) is 27.0. The van der Waals surface area contributed by atoms with Gasteiger partial charge in [-0.3, -0.25) is 0 Å². The Morgan fingerprint density at radius 3 is 0.865 bits per heavy atom. The number of fused-ring (bicyclic) bond motifs is 4. The van der Waals surface area contributed by atoms with E-state index in [1.54, 1.807) is 161 Å². The lowest BCUT2D eigenvalue weighted by molar-refractivity contribution is -0.176. The molecule has 0 amide bonds. The van der Waals surface area contributed by atoms with Crippen molar-refractivity contribution in [2.75, 3.05) is 0 Å². The first kappa shape index (κ1) is 51.0. The zero-order chi connectivity index (χ0) is 49.3. The summed E-state index contributed by atoms with van der Waals surface area (Å²) in [7, 11) is 0. The molecule has 0 radical (unpaired) electrons. The van der Waals surface area contributed by atoms with E-state index in [-0.39, 0.29) is 0 Å². The molecule has 4 aromatic rings. The van der Waals surface area contributed by atoms with E-state index in [9.17, 15) is 0 Å². The largest absolute Gasteiger partial charge is 0.140 e. The lowest BCUT2D eigenvalue weighted by atomic mass is 9.39. The zero-order valence-electron chi connectivity index (χ0n) is 46.4. The average molecular weight is 1070 g/mol. The van der Waals surface area contributed by atoms with Gasteiger partial charge in [-0.05, 0) is 271 Å². The molecule has 74 heavy (non-hydrogen) atoms. The molecule has 0 aliphatic heterocycles. The monoisotopic (exact) mass is 1070 g/mol. The van der Waals surface area contributed by atoms with E-state index in [4.69, 9.17) is 0 Å². The first-order valence-electron chi connectivity index (χ1n) is 32.8. The first-order chi connectivity index (χ1) is 36.5. The van der Waals surface area contributed by atoms with Crippen molar-refractivity contribution < 1.29 is 0 Å². The Bertz CT molecular complexity index is 2230. The summed E-state index contributed by atoms with van der Waals surface area (Å²) >= 11 is 8.48. The highest BCUT2D eigenvalue weighted by Crippen LogP contribution is 2.69. The second-order valence-corrected chi connectivity index (χ2v) is 33.4. The van der Waals surface area contributed by atoms with Gasteiger partial charge in [-0.2, -0.15) is 0 Å². The summed E-state index contributed by atoms with van der Waals surface area (Å²) in [6, 6.07) is 19.9. The van der Waals surface area contributed by atoms with Crippen LogP contribution < -0.4 is 0 Å². The van der Waals surface area contributed by atoms with Gasteiger partial charge >= 0.3 is 0 Å². The fraction of sp³-hybridized carbons (Fsp3) is 0.771. The standard InChI is InChI=1S/C70H98S4/c1-43-29-31-63(71-43)65-35-33-61(73-65)49-37-47(45-17-5-3-6-18-45)39-51(41-49)67-53-21-9-13-25-57(53)69(58-26-14-10-22-54(58)67)70-59-27-15-11-23-55(59)68(56-24-12-16-28-60(56)70)52-40-48(46-19-7-4-8-20-46)38-50(42-52)62-34-36-66(74-62)64-32-30-44(2)72-64/h29-36,45-60,67-70H,3-28,37-42H2,1-2H3. The van der Waals surface area contributed by atoms with Crippen molar-refractivity contribution in [3.05, 3.63) is 68.0 Å². The summed E-state index contributed by atoms with van der Waals surface area (Å²) in [5.41, 5.74) is 0. The topological polar surface area (TPSA) is 0 Å². The molecule has 4 aromatic heterocycles. The van der Waals surface area contributed by atoms with Gasteiger partial charge in [0.2, 0.25) is 0 Å². The van der Waals surface area contributed by atoms with Crippen molar-refractivity contribution in [2.24, 2.45) is 107 Å². The highest BCUT2D eigenvalue weighted by atomic mass is 32.1. The third kappa shape index (κ3) is 9.89. The van der Waals surface area contributed by atoms with Crippen molar-refractivity contribution in [1.29, 1.82) is 0 Å². The van der Waals surface area contributed by atoms with Crippen LogP contribution in [0.2, 0.25) is 0 Å². The summed E-state index contributed by atoms with van der Waals surface area (Å²) < 4.78 is 0. The van der Waals surface area contributed by atoms with Gasteiger partial charge in [-0.15, -0.1) is 45.3 Å². The molecule has 0 saturated heterocycles. The molecule has 10 aliphatic rings. The summed E-state index contributed by atoms with van der Waals surface area (Å²) in [6.07, 6.45) is 49.8. The van der Waals surface area contributed by atoms with Gasteiger partial charge in [0.25, 0.3) is 0 Å². The molecule has 14 atom stereocenters.